The number of nitrogens with one attached hydrogen (secondary N) is 1. The van der Waals surface area contributed by atoms with Crippen molar-refractivity contribution in [3.05, 3.63) is 11.7 Å². The SMILES string of the molecule is CNC(=O)c1noc(CN2CCCC(N3CCCC3=O)C2)n1. The van der Waals surface area contributed by atoms with E-state index in [2.05, 4.69) is 20.4 Å². The third-order valence-corrected chi connectivity index (χ3v) is 4.29. The molecule has 2 amide bonds. The first-order valence-corrected chi connectivity index (χ1v) is 7.74. The molecule has 2 saturated heterocycles. The van der Waals surface area contributed by atoms with Crippen LogP contribution in [0.25, 0.3) is 0 Å². The number of carbonyl (C=O) groups is 2. The minimum Gasteiger partial charge on any atom is -0.352 e. The highest BCUT2D eigenvalue weighted by Crippen LogP contribution is 2.22. The van der Waals surface area contributed by atoms with Gasteiger partial charge in [-0.2, -0.15) is 4.98 Å². The lowest BCUT2D eigenvalue weighted by Crippen LogP contribution is -2.48. The molecule has 0 aromatic carbocycles. The predicted molar refractivity (Wildman–Crippen MR) is 76.9 cm³/mol. The van der Waals surface area contributed by atoms with Gasteiger partial charge in [0.15, 0.2) is 0 Å². The second-order valence-corrected chi connectivity index (χ2v) is 5.81. The van der Waals surface area contributed by atoms with Crippen LogP contribution in [0.15, 0.2) is 4.52 Å². The average molecular weight is 307 g/mol. The second-order valence-electron chi connectivity index (χ2n) is 5.81. The molecule has 0 spiro atoms. The van der Waals surface area contributed by atoms with Crippen molar-refractivity contribution in [1.82, 2.24) is 25.3 Å². The Hall–Kier alpha value is -1.96. The summed E-state index contributed by atoms with van der Waals surface area (Å²) in [6.07, 6.45) is 3.74. The lowest BCUT2D eigenvalue weighted by Gasteiger charge is -2.36. The molecule has 0 aliphatic carbocycles. The van der Waals surface area contributed by atoms with Gasteiger partial charge in [-0.15, -0.1) is 0 Å². The fourth-order valence-corrected chi connectivity index (χ4v) is 3.20. The van der Waals surface area contributed by atoms with E-state index < -0.39 is 0 Å². The van der Waals surface area contributed by atoms with Crippen LogP contribution in [0, 0.1) is 0 Å². The molecular formula is C14H21N5O3. The van der Waals surface area contributed by atoms with Gasteiger partial charge in [0.2, 0.25) is 11.8 Å². The zero-order valence-electron chi connectivity index (χ0n) is 12.7. The Bertz CT molecular complexity index is 558. The monoisotopic (exact) mass is 307 g/mol. The van der Waals surface area contributed by atoms with Gasteiger partial charge in [0, 0.05) is 32.6 Å². The van der Waals surface area contributed by atoms with E-state index in [1.807, 2.05) is 4.90 Å². The van der Waals surface area contributed by atoms with E-state index in [9.17, 15) is 9.59 Å². The summed E-state index contributed by atoms with van der Waals surface area (Å²) in [5.41, 5.74) is 0. The maximum Gasteiger partial charge on any atom is 0.292 e. The molecule has 22 heavy (non-hydrogen) atoms. The number of hydrogen-bond donors (Lipinski definition) is 1. The quantitative estimate of drug-likeness (QED) is 0.843. The third-order valence-electron chi connectivity index (χ3n) is 4.29. The first kappa shape index (κ1) is 15.0. The highest BCUT2D eigenvalue weighted by molar-refractivity contribution is 5.89. The number of rotatable bonds is 4. The molecule has 1 atom stereocenters. The fourth-order valence-electron chi connectivity index (χ4n) is 3.20. The summed E-state index contributed by atoms with van der Waals surface area (Å²) in [6, 6.07) is 0.282. The predicted octanol–water partition coefficient (Wildman–Crippen LogP) is 0.0160. The Morgan fingerprint density at radius 1 is 1.41 bits per heavy atom. The minimum atomic E-state index is -0.353. The zero-order chi connectivity index (χ0) is 15.5. The van der Waals surface area contributed by atoms with Crippen LogP contribution in [0.1, 0.15) is 42.2 Å². The van der Waals surface area contributed by atoms with Gasteiger partial charge in [0.1, 0.15) is 0 Å². The summed E-state index contributed by atoms with van der Waals surface area (Å²) in [5, 5.41) is 6.14. The molecule has 1 aromatic heterocycles. The molecule has 1 N–H and O–H groups in total. The Kier molecular flexibility index (Phi) is 4.37. The van der Waals surface area contributed by atoms with E-state index in [0.717, 1.165) is 38.9 Å². The maximum absolute atomic E-state index is 11.9. The zero-order valence-corrected chi connectivity index (χ0v) is 12.7. The summed E-state index contributed by atoms with van der Waals surface area (Å²) in [5.74, 6) is 0.411. The van der Waals surface area contributed by atoms with Gasteiger partial charge in [-0.25, -0.2) is 0 Å². The smallest absolute Gasteiger partial charge is 0.292 e. The molecule has 0 saturated carbocycles. The van der Waals surface area contributed by atoms with E-state index in [-0.39, 0.29) is 23.7 Å². The number of carbonyl (C=O) groups excluding carboxylic acids is 2. The van der Waals surface area contributed by atoms with Crippen LogP contribution in [-0.4, -0.2) is 64.5 Å². The van der Waals surface area contributed by atoms with E-state index in [1.165, 1.54) is 7.05 Å². The van der Waals surface area contributed by atoms with E-state index in [1.54, 1.807) is 0 Å². The number of nitrogens with zero attached hydrogens (tertiary/aromatic N) is 4. The third kappa shape index (κ3) is 3.11. The summed E-state index contributed by atoms with van der Waals surface area (Å²) in [7, 11) is 1.53. The molecule has 2 aliphatic heterocycles. The van der Waals surface area contributed by atoms with Crippen LogP contribution in [0.4, 0.5) is 0 Å². The van der Waals surface area contributed by atoms with Crippen molar-refractivity contribution in [2.45, 2.75) is 38.3 Å². The van der Waals surface area contributed by atoms with Gasteiger partial charge in [-0.3, -0.25) is 14.5 Å². The lowest BCUT2D eigenvalue weighted by molar-refractivity contribution is -0.130. The van der Waals surface area contributed by atoms with E-state index in [0.29, 0.717) is 18.9 Å². The molecule has 0 radical (unpaired) electrons. The van der Waals surface area contributed by atoms with Crippen LogP contribution in [0.2, 0.25) is 0 Å². The molecule has 2 fully saturated rings. The van der Waals surface area contributed by atoms with Crippen LogP contribution in [-0.2, 0) is 11.3 Å². The molecule has 3 heterocycles. The first-order valence-electron chi connectivity index (χ1n) is 7.74. The highest BCUT2D eigenvalue weighted by atomic mass is 16.5. The number of likely N-dealkylation sites (tertiary alicyclic amines) is 2. The summed E-state index contributed by atoms with van der Waals surface area (Å²) in [6.45, 7) is 3.15. The maximum atomic E-state index is 11.9. The second kappa shape index (κ2) is 6.43. The van der Waals surface area contributed by atoms with Crippen molar-refractivity contribution >= 4 is 11.8 Å². The van der Waals surface area contributed by atoms with Crippen molar-refractivity contribution in [2.24, 2.45) is 0 Å². The first-order chi connectivity index (χ1) is 10.7. The van der Waals surface area contributed by atoms with Crippen molar-refractivity contribution in [3.8, 4) is 0 Å². The molecule has 8 nitrogen and oxygen atoms in total. The summed E-state index contributed by atoms with van der Waals surface area (Å²) >= 11 is 0. The molecular weight excluding hydrogens is 286 g/mol. The van der Waals surface area contributed by atoms with Crippen molar-refractivity contribution in [3.63, 3.8) is 0 Å². The largest absolute Gasteiger partial charge is 0.352 e. The fraction of sp³-hybridized carbons (Fsp3) is 0.714. The molecule has 1 aromatic rings. The lowest BCUT2D eigenvalue weighted by atomic mass is 10.0. The summed E-state index contributed by atoms with van der Waals surface area (Å²) < 4.78 is 5.13. The Balaban J connectivity index is 1.59. The number of piperidine rings is 1. The molecule has 8 heteroatoms. The Labute approximate surface area is 128 Å². The molecule has 0 bridgehead atoms. The van der Waals surface area contributed by atoms with E-state index in [4.69, 9.17) is 4.52 Å². The molecule has 3 rings (SSSR count). The van der Waals surface area contributed by atoms with Gasteiger partial charge >= 0.3 is 0 Å². The van der Waals surface area contributed by atoms with Gasteiger partial charge in [-0.05, 0) is 25.8 Å². The minimum absolute atomic E-state index is 0.0563. The Morgan fingerprint density at radius 3 is 3.00 bits per heavy atom. The topological polar surface area (TPSA) is 91.6 Å². The number of aromatic nitrogens is 2. The highest BCUT2D eigenvalue weighted by Gasteiger charge is 2.31. The van der Waals surface area contributed by atoms with Crippen molar-refractivity contribution in [1.29, 1.82) is 0 Å². The van der Waals surface area contributed by atoms with E-state index >= 15 is 0 Å². The van der Waals surface area contributed by atoms with Crippen LogP contribution < -0.4 is 5.32 Å². The van der Waals surface area contributed by atoms with Crippen LogP contribution in [0.3, 0.4) is 0 Å². The van der Waals surface area contributed by atoms with Crippen molar-refractivity contribution in [2.75, 3.05) is 26.7 Å². The van der Waals surface area contributed by atoms with Gasteiger partial charge < -0.3 is 14.7 Å². The molecule has 120 valence electrons. The number of hydrogen-bond acceptors (Lipinski definition) is 6. The molecule has 1 unspecified atom stereocenters. The molecule has 2 aliphatic rings. The van der Waals surface area contributed by atoms with Gasteiger partial charge in [0.05, 0.1) is 6.54 Å². The van der Waals surface area contributed by atoms with Gasteiger partial charge in [-0.1, -0.05) is 5.16 Å². The van der Waals surface area contributed by atoms with Crippen LogP contribution in [0.5, 0.6) is 0 Å². The normalized spacial score (nSPS) is 23.0. The summed E-state index contributed by atoms with van der Waals surface area (Å²) in [4.78, 5) is 31.6. The average Bonchev–Trinajstić information content (AvgIpc) is 3.16. The number of amides is 2. The van der Waals surface area contributed by atoms with Crippen LogP contribution >= 0.6 is 0 Å². The Morgan fingerprint density at radius 2 is 2.27 bits per heavy atom. The van der Waals surface area contributed by atoms with Gasteiger partial charge in [0.25, 0.3) is 11.7 Å². The standard InChI is InChI=1S/C14H21N5O3/c1-15-14(21)13-16-11(22-17-13)9-18-6-2-4-10(8-18)19-7-3-5-12(19)20/h10H,2-9H2,1H3,(H,15,21). The van der Waals surface area contributed by atoms with Crippen molar-refractivity contribution < 1.29 is 14.1 Å².